The molecule has 1 rings (SSSR count). The van der Waals surface area contributed by atoms with Gasteiger partial charge in [-0.2, -0.15) is 0 Å². The number of aliphatic hydroxyl groups is 1. The van der Waals surface area contributed by atoms with E-state index in [1.165, 1.54) is 0 Å². The van der Waals surface area contributed by atoms with E-state index in [0.717, 1.165) is 25.1 Å². The number of carbonyl (C=O) groups excluding carboxylic acids is 1. The molecule has 1 aromatic carbocycles. The summed E-state index contributed by atoms with van der Waals surface area (Å²) in [5.41, 5.74) is 1.58. The number of carbonyl (C=O) groups is 1. The number of hydrogen-bond donors (Lipinski definition) is 1. The molecular weight excluding hydrogens is 280 g/mol. The molecule has 0 amide bonds. The van der Waals surface area contributed by atoms with Crippen molar-refractivity contribution in [2.45, 2.75) is 19.8 Å². The van der Waals surface area contributed by atoms with E-state index in [2.05, 4.69) is 11.8 Å². The first-order valence-electron chi connectivity index (χ1n) is 7.86. The lowest BCUT2D eigenvalue weighted by molar-refractivity contribution is 0.0482. The van der Waals surface area contributed by atoms with Crippen LogP contribution in [0, 0.1) is 0 Å². The normalized spacial score (nSPS) is 10.8. The molecule has 0 fully saturated rings. The molecule has 5 heteroatoms. The number of nitrogens with zero attached hydrogens (tertiary/aromatic N) is 2. The third-order valence-corrected chi connectivity index (χ3v) is 3.39. The van der Waals surface area contributed by atoms with E-state index >= 15 is 0 Å². The summed E-state index contributed by atoms with van der Waals surface area (Å²) in [4.78, 5) is 16.0. The Morgan fingerprint density at radius 2 is 1.82 bits per heavy atom. The summed E-state index contributed by atoms with van der Waals surface area (Å²) in [7, 11) is 3.88. The Balaban J connectivity index is 2.61. The fraction of sp³-hybridized carbons (Fsp3) is 0.588. The van der Waals surface area contributed by atoms with Crippen molar-refractivity contribution in [1.82, 2.24) is 4.90 Å². The maximum atomic E-state index is 11.9. The van der Waals surface area contributed by atoms with Crippen LogP contribution in [0.5, 0.6) is 0 Å². The minimum absolute atomic E-state index is 0.123. The van der Waals surface area contributed by atoms with Crippen LogP contribution in [-0.2, 0) is 4.74 Å². The molecule has 1 aromatic rings. The number of hydrogen-bond acceptors (Lipinski definition) is 5. The second-order valence-electron chi connectivity index (χ2n) is 5.55. The van der Waals surface area contributed by atoms with Crippen molar-refractivity contribution in [3.63, 3.8) is 0 Å². The Hall–Kier alpha value is -1.59. The Kier molecular flexibility index (Phi) is 8.55. The van der Waals surface area contributed by atoms with E-state index in [9.17, 15) is 4.79 Å². The molecule has 22 heavy (non-hydrogen) atoms. The summed E-state index contributed by atoms with van der Waals surface area (Å²) < 4.78 is 5.22. The molecule has 124 valence electrons. The monoisotopic (exact) mass is 308 g/mol. The quantitative estimate of drug-likeness (QED) is 0.670. The molecule has 0 aliphatic carbocycles. The zero-order chi connectivity index (χ0) is 16.4. The highest BCUT2D eigenvalue weighted by Crippen LogP contribution is 2.16. The molecule has 0 unspecified atom stereocenters. The van der Waals surface area contributed by atoms with Gasteiger partial charge in [0.15, 0.2) is 0 Å². The zero-order valence-electron chi connectivity index (χ0n) is 13.9. The van der Waals surface area contributed by atoms with Crippen molar-refractivity contribution in [3.8, 4) is 0 Å². The Morgan fingerprint density at radius 3 is 2.36 bits per heavy atom. The minimum atomic E-state index is -0.296. The number of unbranched alkanes of at least 4 members (excludes halogenated alkanes) is 1. The molecule has 0 atom stereocenters. The maximum Gasteiger partial charge on any atom is 0.338 e. The smallest absolute Gasteiger partial charge is 0.338 e. The van der Waals surface area contributed by atoms with Gasteiger partial charge in [0, 0.05) is 25.3 Å². The number of anilines is 1. The van der Waals surface area contributed by atoms with Gasteiger partial charge in [0.2, 0.25) is 0 Å². The topological polar surface area (TPSA) is 53.0 Å². The fourth-order valence-electron chi connectivity index (χ4n) is 2.05. The standard InChI is InChI=1S/C17H28N2O3/c1-4-5-10-19(11-13-20)16-8-6-15(7-9-16)17(21)22-14-12-18(2)3/h6-9,20H,4-5,10-14H2,1-3H3. The van der Waals surface area contributed by atoms with Gasteiger partial charge in [0.05, 0.1) is 12.2 Å². The Bertz CT molecular complexity index is 432. The molecule has 0 aromatic heterocycles. The molecule has 0 heterocycles. The largest absolute Gasteiger partial charge is 0.461 e. The van der Waals surface area contributed by atoms with E-state index in [4.69, 9.17) is 9.84 Å². The number of aliphatic hydroxyl groups excluding tert-OH is 1. The van der Waals surface area contributed by atoms with E-state index in [1.54, 1.807) is 12.1 Å². The first kappa shape index (κ1) is 18.5. The summed E-state index contributed by atoms with van der Waals surface area (Å²) in [6.07, 6.45) is 2.19. The number of benzene rings is 1. The summed E-state index contributed by atoms with van der Waals surface area (Å²) in [6, 6.07) is 7.38. The predicted octanol–water partition coefficient (Wildman–Crippen LogP) is 2.00. The molecule has 0 saturated heterocycles. The molecule has 1 N–H and O–H groups in total. The third kappa shape index (κ3) is 6.45. The third-order valence-electron chi connectivity index (χ3n) is 3.39. The van der Waals surface area contributed by atoms with E-state index in [1.807, 2.05) is 31.1 Å². The lowest BCUT2D eigenvalue weighted by Gasteiger charge is -2.24. The van der Waals surface area contributed by atoms with Gasteiger partial charge < -0.3 is 19.6 Å². The van der Waals surface area contributed by atoms with Crippen LogP contribution in [0.25, 0.3) is 0 Å². The van der Waals surface area contributed by atoms with Crippen molar-refractivity contribution in [2.24, 2.45) is 0 Å². The summed E-state index contributed by atoms with van der Waals surface area (Å²) >= 11 is 0. The SMILES string of the molecule is CCCCN(CCO)c1ccc(C(=O)OCCN(C)C)cc1. The number of ether oxygens (including phenoxy) is 1. The second-order valence-corrected chi connectivity index (χ2v) is 5.55. The van der Waals surface area contributed by atoms with Gasteiger partial charge >= 0.3 is 5.97 Å². The highest BCUT2D eigenvalue weighted by molar-refractivity contribution is 5.89. The van der Waals surface area contributed by atoms with Crippen molar-refractivity contribution in [3.05, 3.63) is 29.8 Å². The highest BCUT2D eigenvalue weighted by Gasteiger charge is 2.10. The molecule has 0 aliphatic heterocycles. The number of likely N-dealkylation sites (N-methyl/N-ethyl adjacent to an activating group) is 1. The predicted molar refractivity (Wildman–Crippen MR) is 89.5 cm³/mol. The van der Waals surface area contributed by atoms with Crippen LogP contribution in [0.15, 0.2) is 24.3 Å². The van der Waals surface area contributed by atoms with E-state index < -0.39 is 0 Å². The van der Waals surface area contributed by atoms with Crippen LogP contribution in [0.3, 0.4) is 0 Å². The van der Waals surface area contributed by atoms with Crippen LogP contribution in [0.4, 0.5) is 5.69 Å². The number of esters is 1. The van der Waals surface area contributed by atoms with Crippen LogP contribution in [0.2, 0.25) is 0 Å². The van der Waals surface area contributed by atoms with Gasteiger partial charge in [-0.05, 0) is 44.8 Å². The van der Waals surface area contributed by atoms with Gasteiger partial charge in [0.25, 0.3) is 0 Å². The molecule has 0 saturated carbocycles. The lowest BCUT2D eigenvalue weighted by Crippen LogP contribution is -2.27. The maximum absolute atomic E-state index is 11.9. The van der Waals surface area contributed by atoms with Crippen molar-refractivity contribution in [2.75, 3.05) is 51.8 Å². The van der Waals surface area contributed by atoms with Crippen molar-refractivity contribution >= 4 is 11.7 Å². The average Bonchev–Trinajstić information content (AvgIpc) is 2.51. The summed E-state index contributed by atoms with van der Waals surface area (Å²) in [5, 5.41) is 9.16. The lowest BCUT2D eigenvalue weighted by atomic mass is 10.2. The van der Waals surface area contributed by atoms with E-state index in [0.29, 0.717) is 25.3 Å². The van der Waals surface area contributed by atoms with Crippen LogP contribution in [0.1, 0.15) is 30.1 Å². The molecule has 0 radical (unpaired) electrons. The molecular formula is C17H28N2O3. The molecule has 0 bridgehead atoms. The summed E-state index contributed by atoms with van der Waals surface area (Å²) in [5.74, 6) is -0.296. The van der Waals surface area contributed by atoms with Crippen molar-refractivity contribution < 1.29 is 14.6 Å². The zero-order valence-corrected chi connectivity index (χ0v) is 13.9. The van der Waals surface area contributed by atoms with Crippen LogP contribution in [-0.4, -0.2) is 62.9 Å². The van der Waals surface area contributed by atoms with Gasteiger partial charge in [-0.3, -0.25) is 0 Å². The molecule has 5 nitrogen and oxygen atoms in total. The summed E-state index contributed by atoms with van der Waals surface area (Å²) in [6.45, 7) is 4.88. The van der Waals surface area contributed by atoms with Crippen LogP contribution >= 0.6 is 0 Å². The Labute approximate surface area is 133 Å². The first-order valence-corrected chi connectivity index (χ1v) is 7.86. The Morgan fingerprint density at radius 1 is 1.14 bits per heavy atom. The van der Waals surface area contributed by atoms with Crippen LogP contribution < -0.4 is 4.90 Å². The number of rotatable bonds is 10. The average molecular weight is 308 g/mol. The highest BCUT2D eigenvalue weighted by atomic mass is 16.5. The van der Waals surface area contributed by atoms with Gasteiger partial charge in [-0.25, -0.2) is 4.79 Å². The van der Waals surface area contributed by atoms with Gasteiger partial charge in [-0.15, -0.1) is 0 Å². The fourth-order valence-corrected chi connectivity index (χ4v) is 2.05. The van der Waals surface area contributed by atoms with E-state index in [-0.39, 0.29) is 12.6 Å². The van der Waals surface area contributed by atoms with Crippen molar-refractivity contribution in [1.29, 1.82) is 0 Å². The van der Waals surface area contributed by atoms with Gasteiger partial charge in [-0.1, -0.05) is 13.3 Å². The van der Waals surface area contributed by atoms with Gasteiger partial charge in [0.1, 0.15) is 6.61 Å². The second kappa shape index (κ2) is 10.2. The minimum Gasteiger partial charge on any atom is -0.461 e. The molecule has 0 aliphatic rings. The first-order chi connectivity index (χ1) is 10.6. The molecule has 0 spiro atoms.